The van der Waals surface area contributed by atoms with Crippen molar-refractivity contribution in [2.24, 2.45) is 5.92 Å². The maximum atomic E-state index is 13.3. The third-order valence-corrected chi connectivity index (χ3v) is 9.13. The Balaban J connectivity index is 1.46. The molecule has 1 fully saturated rings. The van der Waals surface area contributed by atoms with Crippen LogP contribution in [0.4, 0.5) is 13.2 Å². The lowest BCUT2D eigenvalue weighted by atomic mass is 9.93. The number of amides is 1. The van der Waals surface area contributed by atoms with Gasteiger partial charge in [-0.05, 0) is 55.3 Å². The average molecular weight is 473 g/mol. The Hall–Kier alpha value is -1.91. The largest absolute Gasteiger partial charge is 0.417 e. The minimum Gasteiger partial charge on any atom is -0.335 e. The summed E-state index contributed by atoms with van der Waals surface area (Å²) in [6.07, 6.45) is -3.36. The second-order valence-electron chi connectivity index (χ2n) is 7.93. The zero-order valence-electron chi connectivity index (χ0n) is 16.9. The molecule has 1 saturated heterocycles. The fraction of sp³-hybridized carbons (Fsp3) is 0.476. The van der Waals surface area contributed by atoms with Crippen LogP contribution in [0, 0.1) is 5.92 Å². The molecule has 1 atom stereocenters. The Morgan fingerprint density at radius 1 is 1.10 bits per heavy atom. The summed E-state index contributed by atoms with van der Waals surface area (Å²) < 4.78 is 66.8. The number of alkyl halides is 3. The molecule has 0 bridgehead atoms. The second kappa shape index (κ2) is 8.22. The zero-order chi connectivity index (χ0) is 22.4. The van der Waals surface area contributed by atoms with Gasteiger partial charge in [0.25, 0.3) is 0 Å². The smallest absolute Gasteiger partial charge is 0.335 e. The van der Waals surface area contributed by atoms with E-state index in [1.54, 1.807) is 11.3 Å². The molecule has 168 valence electrons. The Kier molecular flexibility index (Phi) is 5.91. The summed E-state index contributed by atoms with van der Waals surface area (Å²) in [5.41, 5.74) is -0.00437. The third-order valence-electron chi connectivity index (χ3n) is 6.17. The first-order valence-electron chi connectivity index (χ1n) is 10.1. The van der Waals surface area contributed by atoms with E-state index in [1.165, 1.54) is 17.0 Å². The quantitative estimate of drug-likeness (QED) is 0.669. The number of benzene rings is 1. The topological polar surface area (TPSA) is 57.7 Å². The summed E-state index contributed by atoms with van der Waals surface area (Å²) in [7, 11) is -4.30. The molecule has 0 unspecified atom stereocenters. The second-order valence-corrected chi connectivity index (χ2v) is 10.8. The number of hydrogen-bond acceptors (Lipinski definition) is 4. The van der Waals surface area contributed by atoms with Gasteiger partial charge in [-0.2, -0.15) is 17.5 Å². The minimum absolute atomic E-state index is 0.00269. The van der Waals surface area contributed by atoms with Gasteiger partial charge in [0, 0.05) is 30.4 Å². The molecule has 4 rings (SSSR count). The van der Waals surface area contributed by atoms with Crippen LogP contribution in [0.2, 0.25) is 0 Å². The highest BCUT2D eigenvalue weighted by molar-refractivity contribution is 7.89. The number of sulfonamides is 1. The molecular weight excluding hydrogens is 449 g/mol. The zero-order valence-corrected chi connectivity index (χ0v) is 18.6. The highest BCUT2D eigenvalue weighted by Crippen LogP contribution is 2.37. The maximum Gasteiger partial charge on any atom is 0.417 e. The van der Waals surface area contributed by atoms with E-state index in [0.29, 0.717) is 19.4 Å². The van der Waals surface area contributed by atoms with Gasteiger partial charge in [-0.1, -0.05) is 12.1 Å². The van der Waals surface area contributed by atoms with Gasteiger partial charge in [-0.15, -0.1) is 11.3 Å². The predicted molar refractivity (Wildman–Crippen MR) is 111 cm³/mol. The van der Waals surface area contributed by atoms with E-state index < -0.39 is 26.7 Å². The molecule has 0 spiro atoms. The monoisotopic (exact) mass is 472 g/mol. The number of hydrogen-bond donors (Lipinski definition) is 0. The van der Waals surface area contributed by atoms with E-state index in [0.717, 1.165) is 28.4 Å². The van der Waals surface area contributed by atoms with E-state index >= 15 is 0 Å². The van der Waals surface area contributed by atoms with E-state index in [1.807, 2.05) is 23.3 Å². The van der Waals surface area contributed by atoms with Crippen molar-refractivity contribution in [1.82, 2.24) is 9.21 Å². The first-order chi connectivity index (χ1) is 14.6. The van der Waals surface area contributed by atoms with Crippen LogP contribution in [-0.4, -0.2) is 43.2 Å². The molecule has 5 nitrogen and oxygen atoms in total. The summed E-state index contributed by atoms with van der Waals surface area (Å²) in [6.45, 7) is 2.68. The van der Waals surface area contributed by atoms with E-state index in [2.05, 4.69) is 0 Å². The third kappa shape index (κ3) is 4.12. The molecule has 10 heteroatoms. The minimum atomic E-state index is -4.76. The van der Waals surface area contributed by atoms with Gasteiger partial charge in [0.15, 0.2) is 0 Å². The van der Waals surface area contributed by atoms with E-state index in [9.17, 15) is 26.4 Å². The van der Waals surface area contributed by atoms with E-state index in [4.69, 9.17) is 0 Å². The predicted octanol–water partition coefficient (Wildman–Crippen LogP) is 4.31. The lowest BCUT2D eigenvalue weighted by molar-refractivity contribution is -0.140. The van der Waals surface area contributed by atoms with Gasteiger partial charge in [0.05, 0.1) is 16.5 Å². The lowest BCUT2D eigenvalue weighted by Gasteiger charge is -2.38. The van der Waals surface area contributed by atoms with Gasteiger partial charge < -0.3 is 4.90 Å². The maximum absolute atomic E-state index is 13.3. The Labute approximate surface area is 183 Å². The first-order valence-corrected chi connectivity index (χ1v) is 12.5. The van der Waals surface area contributed by atoms with Gasteiger partial charge >= 0.3 is 6.18 Å². The molecule has 0 saturated carbocycles. The van der Waals surface area contributed by atoms with Crippen LogP contribution in [0.5, 0.6) is 0 Å². The summed E-state index contributed by atoms with van der Waals surface area (Å²) in [5.74, 6) is -0.330. The molecule has 0 radical (unpaired) electrons. The van der Waals surface area contributed by atoms with Crippen molar-refractivity contribution >= 4 is 27.3 Å². The number of carbonyl (C=O) groups excluding carboxylic acids is 1. The molecule has 1 aromatic carbocycles. The highest BCUT2D eigenvalue weighted by Gasteiger charge is 2.41. The standard InChI is InChI=1S/C21H23F3N2O3S2/c1-14-16-9-13-30-18(16)8-12-26(14)20(27)15-6-10-25(11-7-15)31(28,29)19-5-3-2-4-17(19)21(22,23)24/h2-5,9,13-15H,6-8,10-12H2,1H3/t14-/m1/s1. The van der Waals surface area contributed by atoms with E-state index in [-0.39, 0.29) is 31.0 Å². The van der Waals surface area contributed by atoms with Crippen molar-refractivity contribution in [3.8, 4) is 0 Å². The van der Waals surface area contributed by atoms with Crippen LogP contribution in [0.3, 0.4) is 0 Å². The molecule has 0 N–H and O–H groups in total. The highest BCUT2D eigenvalue weighted by atomic mass is 32.2. The van der Waals surface area contributed by atoms with Crippen molar-refractivity contribution in [2.75, 3.05) is 19.6 Å². The molecule has 2 aromatic rings. The van der Waals surface area contributed by atoms with Crippen LogP contribution in [-0.2, 0) is 27.4 Å². The number of carbonyl (C=O) groups is 1. The fourth-order valence-corrected chi connectivity index (χ4v) is 7.10. The Morgan fingerprint density at radius 3 is 2.45 bits per heavy atom. The molecule has 0 aliphatic carbocycles. The van der Waals surface area contributed by atoms with Crippen molar-refractivity contribution < 1.29 is 26.4 Å². The number of piperidine rings is 1. The van der Waals surface area contributed by atoms with Crippen LogP contribution >= 0.6 is 11.3 Å². The van der Waals surface area contributed by atoms with Gasteiger partial charge in [-0.3, -0.25) is 4.79 Å². The van der Waals surface area contributed by atoms with Crippen LogP contribution in [0.25, 0.3) is 0 Å². The van der Waals surface area contributed by atoms with Crippen LogP contribution < -0.4 is 0 Å². The van der Waals surface area contributed by atoms with Crippen molar-refractivity contribution in [2.45, 2.75) is 43.3 Å². The summed E-state index contributed by atoms with van der Waals surface area (Å²) >= 11 is 1.69. The van der Waals surface area contributed by atoms with Crippen LogP contribution in [0.1, 0.15) is 41.8 Å². The Bertz CT molecular complexity index is 1070. The summed E-state index contributed by atoms with van der Waals surface area (Å²) in [6, 6.07) is 6.24. The number of halogens is 3. The van der Waals surface area contributed by atoms with Gasteiger partial charge in [-0.25, -0.2) is 8.42 Å². The number of thiophene rings is 1. The summed E-state index contributed by atoms with van der Waals surface area (Å²) in [4.78, 5) is 15.5. The van der Waals surface area contributed by atoms with Gasteiger partial charge in [0.1, 0.15) is 0 Å². The Morgan fingerprint density at radius 2 is 1.77 bits per heavy atom. The average Bonchev–Trinajstić information content (AvgIpc) is 3.23. The normalized spacial score (nSPS) is 21.2. The SMILES string of the molecule is C[C@@H]1c2ccsc2CCN1C(=O)C1CCN(S(=O)(=O)c2ccccc2C(F)(F)F)CC1. The van der Waals surface area contributed by atoms with Gasteiger partial charge in [0.2, 0.25) is 15.9 Å². The fourth-order valence-electron chi connectivity index (χ4n) is 4.45. The molecule has 31 heavy (non-hydrogen) atoms. The number of rotatable bonds is 3. The lowest BCUT2D eigenvalue weighted by Crippen LogP contribution is -2.46. The number of fused-ring (bicyclic) bond motifs is 1. The molecule has 2 aliphatic rings. The summed E-state index contributed by atoms with van der Waals surface area (Å²) in [5, 5.41) is 2.03. The molecule has 2 aliphatic heterocycles. The van der Waals surface area contributed by atoms with Crippen molar-refractivity contribution in [1.29, 1.82) is 0 Å². The van der Waals surface area contributed by atoms with Crippen LogP contribution in [0.15, 0.2) is 40.6 Å². The molecule has 1 aromatic heterocycles. The first kappa shape index (κ1) is 22.3. The molecule has 3 heterocycles. The van der Waals surface area contributed by atoms with Crippen molar-refractivity contribution in [3.63, 3.8) is 0 Å². The molecule has 1 amide bonds. The van der Waals surface area contributed by atoms with Crippen molar-refractivity contribution in [3.05, 3.63) is 51.7 Å². The molecular formula is C21H23F3N2O3S2. The number of nitrogens with zero attached hydrogens (tertiary/aromatic N) is 2.